The molecule has 2 unspecified atom stereocenters. The predicted molar refractivity (Wildman–Crippen MR) is 83.6 cm³/mol. The molecule has 0 saturated carbocycles. The van der Waals surface area contributed by atoms with Gasteiger partial charge < -0.3 is 9.84 Å². The summed E-state index contributed by atoms with van der Waals surface area (Å²) < 4.78 is 148. The van der Waals surface area contributed by atoms with Crippen LogP contribution >= 0.6 is 0 Å². The van der Waals surface area contributed by atoms with Crippen LogP contribution in [0.25, 0.3) is 0 Å². The van der Waals surface area contributed by atoms with Gasteiger partial charge in [-0.3, -0.25) is 0 Å². The van der Waals surface area contributed by atoms with Crippen molar-refractivity contribution in [3.63, 3.8) is 0 Å². The van der Waals surface area contributed by atoms with Gasteiger partial charge in [0.2, 0.25) is 0 Å². The minimum absolute atomic E-state index is 0.279. The minimum atomic E-state index is -5.71. The third kappa shape index (κ3) is 11.3. The van der Waals surface area contributed by atoms with Crippen LogP contribution in [0.2, 0.25) is 0 Å². The zero-order chi connectivity index (χ0) is 26.3. The summed E-state index contributed by atoms with van der Waals surface area (Å²) in [5.41, 5.74) is -0.854. The van der Waals surface area contributed by atoms with Crippen molar-refractivity contribution in [2.75, 3.05) is 6.61 Å². The lowest BCUT2D eigenvalue weighted by molar-refractivity contribution is -0.254. The highest BCUT2D eigenvalue weighted by atomic mass is 19.4. The first-order valence-electron chi connectivity index (χ1n) is 7.86. The van der Waals surface area contributed by atoms with Crippen LogP contribution in [0.4, 0.5) is 52.7 Å². The Morgan fingerprint density at radius 2 is 1.25 bits per heavy atom. The van der Waals surface area contributed by atoms with Crippen LogP contribution < -0.4 is 0 Å². The molecule has 16 heteroatoms. The highest BCUT2D eigenvalue weighted by Gasteiger charge is 2.57. The lowest BCUT2D eigenvalue weighted by Crippen LogP contribution is -2.45. The lowest BCUT2D eigenvalue weighted by atomic mass is 10.1. The SMILES string of the molecule is C=C(C)C(=O)OCC(F)(F)C(F)C(F)(F)F.CC(=CCC(F)(F)C(F)C(F)(F)F)C(=O)O. The van der Waals surface area contributed by atoms with Crippen molar-refractivity contribution in [3.8, 4) is 0 Å². The Bertz CT molecular complexity index is 694. The van der Waals surface area contributed by atoms with E-state index in [1.54, 1.807) is 0 Å². The molecule has 188 valence electrons. The van der Waals surface area contributed by atoms with Crippen molar-refractivity contribution in [2.24, 2.45) is 0 Å². The number of esters is 1. The Labute approximate surface area is 172 Å². The molecule has 0 spiro atoms. The molecular formula is C16H16F12O4. The number of carboxylic acid groups (broad SMARTS) is 1. The van der Waals surface area contributed by atoms with E-state index in [0.29, 0.717) is 6.08 Å². The second-order valence-electron chi connectivity index (χ2n) is 6.08. The van der Waals surface area contributed by atoms with Crippen LogP contribution in [0.15, 0.2) is 23.8 Å². The third-order valence-corrected chi connectivity index (χ3v) is 3.08. The normalized spacial score (nSPS) is 15.2. The number of allylic oxidation sites excluding steroid dienone is 1. The topological polar surface area (TPSA) is 63.6 Å². The van der Waals surface area contributed by atoms with Gasteiger partial charge in [-0.15, -0.1) is 0 Å². The second-order valence-corrected chi connectivity index (χ2v) is 6.08. The molecule has 0 rings (SSSR count). The number of hydrogen-bond acceptors (Lipinski definition) is 3. The highest BCUT2D eigenvalue weighted by Crippen LogP contribution is 2.37. The maximum absolute atomic E-state index is 12.6. The van der Waals surface area contributed by atoms with Crippen molar-refractivity contribution in [1.82, 2.24) is 0 Å². The molecule has 0 bridgehead atoms. The lowest BCUT2D eigenvalue weighted by Gasteiger charge is -2.22. The number of carboxylic acids is 1. The summed E-state index contributed by atoms with van der Waals surface area (Å²) in [5, 5.41) is 8.25. The van der Waals surface area contributed by atoms with E-state index in [9.17, 15) is 62.3 Å². The molecule has 0 aromatic heterocycles. The summed E-state index contributed by atoms with van der Waals surface area (Å²) in [6.45, 7) is 3.05. The van der Waals surface area contributed by atoms with Crippen LogP contribution in [0.3, 0.4) is 0 Å². The fraction of sp³-hybridized carbons (Fsp3) is 0.625. The smallest absolute Gasteiger partial charge is 0.425 e. The second kappa shape index (κ2) is 11.4. The Balaban J connectivity index is 0. The molecule has 0 aromatic rings. The number of ether oxygens (including phenoxy) is 1. The van der Waals surface area contributed by atoms with Gasteiger partial charge >= 0.3 is 30.2 Å². The van der Waals surface area contributed by atoms with E-state index < -0.39 is 67.1 Å². The van der Waals surface area contributed by atoms with Gasteiger partial charge in [-0.2, -0.15) is 35.1 Å². The molecule has 0 aliphatic carbocycles. The number of alkyl halides is 12. The number of aliphatic carboxylic acids is 1. The fourth-order valence-corrected chi connectivity index (χ4v) is 1.32. The zero-order valence-corrected chi connectivity index (χ0v) is 16.1. The molecule has 0 saturated heterocycles. The molecule has 0 aliphatic rings. The van der Waals surface area contributed by atoms with E-state index in [1.165, 1.54) is 0 Å². The Morgan fingerprint density at radius 3 is 1.56 bits per heavy atom. The number of hydrogen-bond donors (Lipinski definition) is 1. The highest BCUT2D eigenvalue weighted by molar-refractivity contribution is 5.87. The maximum atomic E-state index is 12.6. The molecule has 0 radical (unpaired) electrons. The standard InChI is InChI=1S/2C8H8F6O2/c1-4(2)5(15)16-3-7(10,11)6(9)8(12,13)14;1-4(5(15)16)2-3-7(10,11)6(9)8(12,13)14/h6H,1,3H2,2H3;2,6H,3H2,1H3,(H,15,16). The Kier molecular flexibility index (Phi) is 11.4. The summed E-state index contributed by atoms with van der Waals surface area (Å²) >= 11 is 0. The molecule has 32 heavy (non-hydrogen) atoms. The number of rotatable bonds is 8. The van der Waals surface area contributed by atoms with E-state index in [2.05, 4.69) is 11.3 Å². The number of carbonyl (C=O) groups is 2. The van der Waals surface area contributed by atoms with Gasteiger partial charge in [0, 0.05) is 17.6 Å². The van der Waals surface area contributed by atoms with Crippen LogP contribution in [0.1, 0.15) is 20.3 Å². The van der Waals surface area contributed by atoms with E-state index in [0.717, 1.165) is 13.8 Å². The summed E-state index contributed by atoms with van der Waals surface area (Å²) in [6.07, 6.45) is -21.3. The van der Waals surface area contributed by atoms with Gasteiger partial charge in [0.25, 0.3) is 18.3 Å². The molecule has 4 nitrogen and oxygen atoms in total. The summed E-state index contributed by atoms with van der Waals surface area (Å²) in [4.78, 5) is 20.8. The van der Waals surface area contributed by atoms with Crippen LogP contribution in [0.5, 0.6) is 0 Å². The monoisotopic (exact) mass is 500 g/mol. The molecular weight excluding hydrogens is 484 g/mol. The van der Waals surface area contributed by atoms with E-state index in [4.69, 9.17) is 5.11 Å². The largest absolute Gasteiger partial charge is 0.478 e. The Hall–Kier alpha value is -2.42. The first-order valence-corrected chi connectivity index (χ1v) is 7.86. The summed E-state index contributed by atoms with van der Waals surface area (Å²) in [7, 11) is 0. The van der Waals surface area contributed by atoms with E-state index in [-0.39, 0.29) is 5.57 Å². The van der Waals surface area contributed by atoms with Crippen molar-refractivity contribution >= 4 is 11.9 Å². The summed E-state index contributed by atoms with van der Waals surface area (Å²) in [6, 6.07) is 0. The first-order chi connectivity index (χ1) is 14.0. The van der Waals surface area contributed by atoms with E-state index >= 15 is 0 Å². The maximum Gasteiger partial charge on any atom is 0.425 e. The number of carbonyl (C=O) groups excluding carboxylic acids is 1. The van der Waals surface area contributed by atoms with Gasteiger partial charge in [-0.25, -0.2) is 27.2 Å². The zero-order valence-electron chi connectivity index (χ0n) is 16.1. The van der Waals surface area contributed by atoms with Crippen LogP contribution in [-0.2, 0) is 14.3 Å². The first kappa shape index (κ1) is 31.8. The molecule has 0 heterocycles. The van der Waals surface area contributed by atoms with Gasteiger partial charge in [0.1, 0.15) is 0 Å². The average Bonchev–Trinajstić information content (AvgIpc) is 2.61. The molecule has 2 atom stereocenters. The molecule has 0 aliphatic heterocycles. The van der Waals surface area contributed by atoms with Crippen LogP contribution in [0, 0.1) is 0 Å². The van der Waals surface area contributed by atoms with Crippen LogP contribution in [-0.4, -0.2) is 60.2 Å². The summed E-state index contributed by atoms with van der Waals surface area (Å²) in [5.74, 6) is -12.4. The fourth-order valence-electron chi connectivity index (χ4n) is 1.32. The Morgan fingerprint density at radius 1 is 0.875 bits per heavy atom. The van der Waals surface area contributed by atoms with Gasteiger partial charge in [0.05, 0.1) is 0 Å². The van der Waals surface area contributed by atoms with Crippen molar-refractivity contribution in [2.45, 2.75) is 56.8 Å². The van der Waals surface area contributed by atoms with Crippen molar-refractivity contribution in [3.05, 3.63) is 23.8 Å². The quantitative estimate of drug-likeness (QED) is 0.269. The van der Waals surface area contributed by atoms with Crippen molar-refractivity contribution in [1.29, 1.82) is 0 Å². The molecule has 0 amide bonds. The minimum Gasteiger partial charge on any atom is -0.478 e. The molecule has 0 fully saturated rings. The number of halogens is 12. The van der Waals surface area contributed by atoms with E-state index in [1.807, 2.05) is 0 Å². The molecule has 0 aromatic carbocycles. The van der Waals surface area contributed by atoms with Gasteiger partial charge in [-0.05, 0) is 13.8 Å². The molecule has 1 N–H and O–H groups in total. The van der Waals surface area contributed by atoms with Gasteiger partial charge in [-0.1, -0.05) is 12.7 Å². The average molecular weight is 500 g/mol. The third-order valence-electron chi connectivity index (χ3n) is 3.08. The van der Waals surface area contributed by atoms with Crippen molar-refractivity contribution < 1.29 is 72.1 Å². The van der Waals surface area contributed by atoms with Gasteiger partial charge in [0.15, 0.2) is 6.61 Å². The predicted octanol–water partition coefficient (Wildman–Crippen LogP) is 5.58.